The van der Waals surface area contributed by atoms with Crippen LogP contribution in [0.4, 0.5) is 10.3 Å². The number of carbonyl (C=O) groups is 1. The average Bonchev–Trinajstić information content (AvgIpc) is 3.35. The molecule has 1 aromatic heterocycles. The van der Waals surface area contributed by atoms with Crippen molar-refractivity contribution >= 4 is 11.9 Å². The predicted molar refractivity (Wildman–Crippen MR) is 130 cm³/mol. The molecule has 7 nitrogen and oxygen atoms in total. The molecule has 176 valence electrons. The van der Waals surface area contributed by atoms with Crippen molar-refractivity contribution in [3.05, 3.63) is 119 Å². The molecule has 0 fully saturated rings. The van der Waals surface area contributed by atoms with Gasteiger partial charge in [-0.15, -0.1) is 0 Å². The summed E-state index contributed by atoms with van der Waals surface area (Å²) in [5.74, 6) is 0.714. The lowest BCUT2D eigenvalue weighted by Gasteiger charge is -2.29. The zero-order valence-corrected chi connectivity index (χ0v) is 19.1. The van der Waals surface area contributed by atoms with Crippen LogP contribution in [0.25, 0.3) is 0 Å². The van der Waals surface area contributed by atoms with Crippen LogP contribution in [0, 0.1) is 5.82 Å². The normalized spacial score (nSPS) is 14.7. The summed E-state index contributed by atoms with van der Waals surface area (Å²) in [4.78, 5) is 17.7. The van der Waals surface area contributed by atoms with Gasteiger partial charge in [0.2, 0.25) is 5.95 Å². The highest BCUT2D eigenvalue weighted by atomic mass is 19.1. The highest BCUT2D eigenvalue weighted by molar-refractivity contribution is 5.96. The van der Waals surface area contributed by atoms with Crippen LogP contribution in [0.3, 0.4) is 0 Å². The van der Waals surface area contributed by atoms with Gasteiger partial charge in [0.05, 0.1) is 5.57 Å². The van der Waals surface area contributed by atoms with E-state index in [0.717, 1.165) is 16.7 Å². The molecule has 35 heavy (non-hydrogen) atoms. The molecule has 8 heteroatoms. The van der Waals surface area contributed by atoms with Gasteiger partial charge in [0, 0.05) is 12.2 Å². The molecule has 2 N–H and O–H groups in total. The Kier molecular flexibility index (Phi) is 6.26. The van der Waals surface area contributed by atoms with E-state index in [1.54, 1.807) is 16.8 Å². The smallest absolute Gasteiger partial charge is 0.251 e. The van der Waals surface area contributed by atoms with Crippen molar-refractivity contribution in [2.24, 2.45) is 0 Å². The van der Waals surface area contributed by atoms with E-state index in [0.29, 0.717) is 36.1 Å². The fourth-order valence-corrected chi connectivity index (χ4v) is 4.09. The standard InChI is InChI=1S/C27H24FN5O2/c1-18-24(26(34)29-15-19-6-3-2-4-7-19)25(33-27(32-18)30-17-31-33)21-8-5-9-23(14-21)35-16-20-10-12-22(28)13-11-20/h2-14,17,25H,15-16H2,1H3,(H,29,34)(H,30,31,32). The molecule has 1 amide bonds. The van der Waals surface area contributed by atoms with E-state index in [2.05, 4.69) is 20.7 Å². The van der Waals surface area contributed by atoms with E-state index in [9.17, 15) is 9.18 Å². The highest BCUT2D eigenvalue weighted by Crippen LogP contribution is 2.35. The maximum atomic E-state index is 13.4. The van der Waals surface area contributed by atoms with Gasteiger partial charge in [-0.2, -0.15) is 10.1 Å². The number of hydrogen-bond donors (Lipinski definition) is 2. The Hall–Kier alpha value is -4.46. The summed E-state index contributed by atoms with van der Waals surface area (Å²) in [5, 5.41) is 10.6. The first-order valence-corrected chi connectivity index (χ1v) is 11.2. The lowest BCUT2D eigenvalue weighted by atomic mass is 9.95. The summed E-state index contributed by atoms with van der Waals surface area (Å²) >= 11 is 0. The molecular formula is C27H24FN5O2. The van der Waals surface area contributed by atoms with E-state index in [4.69, 9.17) is 4.74 Å². The van der Waals surface area contributed by atoms with Crippen LogP contribution in [-0.4, -0.2) is 20.7 Å². The number of rotatable bonds is 7. The van der Waals surface area contributed by atoms with E-state index < -0.39 is 6.04 Å². The van der Waals surface area contributed by atoms with E-state index in [-0.39, 0.29) is 11.7 Å². The third-order valence-electron chi connectivity index (χ3n) is 5.83. The van der Waals surface area contributed by atoms with Gasteiger partial charge in [-0.05, 0) is 47.9 Å². The second kappa shape index (κ2) is 9.80. The molecule has 4 aromatic rings. The van der Waals surface area contributed by atoms with Crippen LogP contribution in [0.5, 0.6) is 5.75 Å². The first kappa shape index (κ1) is 22.3. The molecule has 0 radical (unpaired) electrons. The largest absolute Gasteiger partial charge is 0.489 e. The predicted octanol–water partition coefficient (Wildman–Crippen LogP) is 4.60. The minimum absolute atomic E-state index is 0.192. The molecule has 0 saturated heterocycles. The highest BCUT2D eigenvalue weighted by Gasteiger charge is 2.33. The first-order chi connectivity index (χ1) is 17.1. The van der Waals surface area contributed by atoms with Gasteiger partial charge >= 0.3 is 0 Å². The molecular weight excluding hydrogens is 445 g/mol. The molecule has 1 aliphatic heterocycles. The van der Waals surface area contributed by atoms with Crippen LogP contribution in [0.1, 0.15) is 29.7 Å². The van der Waals surface area contributed by atoms with Crippen molar-refractivity contribution in [2.75, 3.05) is 5.32 Å². The van der Waals surface area contributed by atoms with Gasteiger partial charge in [-0.25, -0.2) is 9.07 Å². The van der Waals surface area contributed by atoms with Gasteiger partial charge in [0.15, 0.2) is 0 Å². The minimum Gasteiger partial charge on any atom is -0.489 e. The minimum atomic E-state index is -0.487. The second-order valence-corrected chi connectivity index (χ2v) is 8.25. The monoisotopic (exact) mass is 469 g/mol. The Morgan fingerprint density at radius 1 is 1.06 bits per heavy atom. The van der Waals surface area contributed by atoms with Crippen molar-refractivity contribution < 1.29 is 13.9 Å². The fraction of sp³-hybridized carbons (Fsp3) is 0.148. The number of nitrogens with zero attached hydrogens (tertiary/aromatic N) is 3. The quantitative estimate of drug-likeness (QED) is 0.413. The number of nitrogens with one attached hydrogen (secondary N) is 2. The Labute approximate surface area is 202 Å². The molecule has 2 heterocycles. The molecule has 1 aliphatic rings. The van der Waals surface area contributed by atoms with Crippen molar-refractivity contribution in [3.8, 4) is 5.75 Å². The van der Waals surface area contributed by atoms with Gasteiger partial charge in [0.1, 0.15) is 30.5 Å². The van der Waals surface area contributed by atoms with Gasteiger partial charge in [-0.3, -0.25) is 4.79 Å². The molecule has 0 saturated carbocycles. The number of allylic oxidation sites excluding steroid dienone is 1. The summed E-state index contributed by atoms with van der Waals surface area (Å²) in [7, 11) is 0. The molecule has 5 rings (SSSR count). The second-order valence-electron chi connectivity index (χ2n) is 8.25. The maximum Gasteiger partial charge on any atom is 0.251 e. The number of carbonyl (C=O) groups excluding carboxylic acids is 1. The van der Waals surface area contributed by atoms with E-state index in [1.165, 1.54) is 18.5 Å². The van der Waals surface area contributed by atoms with Gasteiger partial charge in [-0.1, -0.05) is 54.6 Å². The first-order valence-electron chi connectivity index (χ1n) is 11.2. The van der Waals surface area contributed by atoms with Gasteiger partial charge < -0.3 is 15.4 Å². The van der Waals surface area contributed by atoms with Gasteiger partial charge in [0.25, 0.3) is 5.91 Å². The van der Waals surface area contributed by atoms with Crippen molar-refractivity contribution in [1.82, 2.24) is 20.1 Å². The number of benzene rings is 3. The van der Waals surface area contributed by atoms with Crippen LogP contribution in [0.2, 0.25) is 0 Å². The number of amides is 1. The number of aromatic nitrogens is 3. The Bertz CT molecular complexity index is 1370. The van der Waals surface area contributed by atoms with Crippen LogP contribution >= 0.6 is 0 Å². The lowest BCUT2D eigenvalue weighted by molar-refractivity contribution is -0.118. The summed E-state index contributed by atoms with van der Waals surface area (Å²) in [6, 6.07) is 23.0. The molecule has 1 atom stereocenters. The average molecular weight is 470 g/mol. The number of halogens is 1. The van der Waals surface area contributed by atoms with Crippen LogP contribution in [-0.2, 0) is 17.9 Å². The number of ether oxygens (including phenoxy) is 1. The van der Waals surface area contributed by atoms with Crippen molar-refractivity contribution in [3.63, 3.8) is 0 Å². The maximum absolute atomic E-state index is 13.4. The summed E-state index contributed by atoms with van der Waals surface area (Å²) < 4.78 is 20.9. The zero-order chi connectivity index (χ0) is 24.2. The van der Waals surface area contributed by atoms with Crippen molar-refractivity contribution in [1.29, 1.82) is 0 Å². The number of hydrogen-bond acceptors (Lipinski definition) is 5. The molecule has 0 spiro atoms. The topological polar surface area (TPSA) is 81.1 Å². The third kappa shape index (κ3) is 4.91. The third-order valence-corrected chi connectivity index (χ3v) is 5.83. The number of anilines is 1. The molecule has 0 bridgehead atoms. The molecule has 1 unspecified atom stereocenters. The molecule has 3 aromatic carbocycles. The summed E-state index contributed by atoms with van der Waals surface area (Å²) in [6.07, 6.45) is 1.46. The Morgan fingerprint density at radius 2 is 1.86 bits per heavy atom. The van der Waals surface area contributed by atoms with E-state index >= 15 is 0 Å². The van der Waals surface area contributed by atoms with Crippen molar-refractivity contribution in [2.45, 2.75) is 26.1 Å². The summed E-state index contributed by atoms with van der Waals surface area (Å²) in [5.41, 5.74) is 3.96. The molecule has 0 aliphatic carbocycles. The Morgan fingerprint density at radius 3 is 2.66 bits per heavy atom. The fourth-order valence-electron chi connectivity index (χ4n) is 4.09. The lowest BCUT2D eigenvalue weighted by Crippen LogP contribution is -2.34. The SMILES string of the molecule is CC1=C(C(=O)NCc2ccccc2)C(c2cccc(OCc3ccc(F)cc3)c2)n2ncnc2N1. The van der Waals surface area contributed by atoms with Crippen LogP contribution < -0.4 is 15.4 Å². The zero-order valence-electron chi connectivity index (χ0n) is 19.1. The van der Waals surface area contributed by atoms with E-state index in [1.807, 2.05) is 61.5 Å². The van der Waals surface area contributed by atoms with Crippen LogP contribution in [0.15, 0.2) is 96.5 Å². The number of fused-ring (bicyclic) bond motifs is 1. The Balaban J connectivity index is 1.41. The summed E-state index contributed by atoms with van der Waals surface area (Å²) in [6.45, 7) is 2.57.